The summed E-state index contributed by atoms with van der Waals surface area (Å²) in [5, 5.41) is 8.97. The van der Waals surface area contributed by atoms with Crippen LogP contribution in [0.25, 0.3) is 0 Å². The lowest BCUT2D eigenvalue weighted by Gasteiger charge is -2.36. The SMILES string of the molecule is CC=C(C)O[Si](C)(CCCO)OC(N)(N)C(N)=CC. The predicted octanol–water partition coefficient (Wildman–Crippen LogP) is 0.831. The molecule has 0 rings (SSSR count). The van der Waals surface area contributed by atoms with Crippen molar-refractivity contribution in [2.45, 2.75) is 45.6 Å². The van der Waals surface area contributed by atoms with Crippen LogP contribution in [0.15, 0.2) is 23.6 Å². The van der Waals surface area contributed by atoms with Crippen molar-refractivity contribution in [2.24, 2.45) is 17.2 Å². The van der Waals surface area contributed by atoms with Gasteiger partial charge in [0, 0.05) is 12.7 Å². The van der Waals surface area contributed by atoms with E-state index in [1.807, 2.05) is 26.5 Å². The second-order valence-corrected chi connectivity index (χ2v) is 7.78. The third kappa shape index (κ3) is 6.21. The lowest BCUT2D eigenvalue weighted by Crippen LogP contribution is -2.62. The minimum atomic E-state index is -2.67. The summed E-state index contributed by atoms with van der Waals surface area (Å²) in [5.41, 5.74) is 17.7. The number of hydrogen-bond acceptors (Lipinski definition) is 6. The lowest BCUT2D eigenvalue weighted by atomic mass is 10.3. The summed E-state index contributed by atoms with van der Waals surface area (Å²) >= 11 is 0. The van der Waals surface area contributed by atoms with Gasteiger partial charge in [-0.05, 0) is 33.7 Å². The molecule has 6 nitrogen and oxygen atoms in total. The Morgan fingerprint density at radius 2 is 1.89 bits per heavy atom. The summed E-state index contributed by atoms with van der Waals surface area (Å²) in [5.74, 6) is -0.818. The van der Waals surface area contributed by atoms with Gasteiger partial charge in [0.15, 0.2) is 0 Å². The third-order valence-corrected chi connectivity index (χ3v) is 5.50. The average Bonchev–Trinajstić information content (AvgIpc) is 2.34. The van der Waals surface area contributed by atoms with Crippen molar-refractivity contribution in [3.05, 3.63) is 23.6 Å². The average molecular weight is 289 g/mol. The zero-order valence-corrected chi connectivity index (χ0v) is 13.3. The van der Waals surface area contributed by atoms with Gasteiger partial charge in [-0.25, -0.2) is 0 Å². The summed E-state index contributed by atoms with van der Waals surface area (Å²) in [6.45, 7) is 7.35. The molecule has 0 radical (unpaired) electrons. The highest BCUT2D eigenvalue weighted by Gasteiger charge is 2.41. The van der Waals surface area contributed by atoms with Crippen molar-refractivity contribution in [2.75, 3.05) is 6.61 Å². The number of nitrogens with two attached hydrogens (primary N) is 3. The summed E-state index contributed by atoms with van der Waals surface area (Å²) < 4.78 is 11.6. The molecule has 0 heterocycles. The minimum absolute atomic E-state index is 0.0610. The molecular weight excluding hydrogens is 262 g/mol. The van der Waals surface area contributed by atoms with Gasteiger partial charge in [-0.1, -0.05) is 12.2 Å². The van der Waals surface area contributed by atoms with Crippen LogP contribution in [0.1, 0.15) is 27.2 Å². The molecule has 0 aromatic heterocycles. The van der Waals surface area contributed by atoms with Crippen LogP contribution in [-0.4, -0.2) is 26.1 Å². The van der Waals surface area contributed by atoms with Crippen LogP contribution in [0.5, 0.6) is 0 Å². The second-order valence-electron chi connectivity index (χ2n) is 4.60. The predicted molar refractivity (Wildman–Crippen MR) is 78.8 cm³/mol. The molecule has 7 heteroatoms. The van der Waals surface area contributed by atoms with E-state index in [4.69, 9.17) is 31.2 Å². The zero-order chi connectivity index (χ0) is 15.1. The zero-order valence-electron chi connectivity index (χ0n) is 12.3. The smallest absolute Gasteiger partial charge is 0.398 e. The molecule has 0 fully saturated rings. The molecule has 0 spiro atoms. The second kappa shape index (κ2) is 7.66. The number of aliphatic hydroxyl groups excluding tert-OH is 1. The van der Waals surface area contributed by atoms with Gasteiger partial charge in [-0.15, -0.1) is 0 Å². The van der Waals surface area contributed by atoms with E-state index in [1.54, 1.807) is 13.0 Å². The Balaban J connectivity index is 5.04. The topological polar surface area (TPSA) is 117 Å². The molecule has 0 aliphatic heterocycles. The van der Waals surface area contributed by atoms with Gasteiger partial charge in [-0.2, -0.15) is 0 Å². The molecule has 0 aliphatic carbocycles. The normalized spacial score (nSPS) is 17.2. The van der Waals surface area contributed by atoms with Gasteiger partial charge in [0.05, 0.1) is 11.5 Å². The molecule has 112 valence electrons. The van der Waals surface area contributed by atoms with E-state index in [0.717, 1.165) is 5.76 Å². The quantitative estimate of drug-likeness (QED) is 0.299. The van der Waals surface area contributed by atoms with E-state index < -0.39 is 14.4 Å². The molecule has 0 aliphatic rings. The first kappa shape index (κ1) is 18.1. The van der Waals surface area contributed by atoms with Crippen LogP contribution < -0.4 is 17.2 Å². The molecule has 0 amide bonds. The molecule has 0 aromatic carbocycles. The summed E-state index contributed by atoms with van der Waals surface area (Å²) in [6.07, 6.45) is 4.00. The number of hydrogen-bond donors (Lipinski definition) is 4. The first-order valence-electron chi connectivity index (χ1n) is 6.33. The fourth-order valence-corrected chi connectivity index (χ4v) is 4.24. The maximum Gasteiger partial charge on any atom is 0.398 e. The van der Waals surface area contributed by atoms with E-state index in [0.29, 0.717) is 12.5 Å². The first-order chi connectivity index (χ1) is 8.70. The van der Waals surface area contributed by atoms with Gasteiger partial charge >= 0.3 is 8.56 Å². The molecule has 19 heavy (non-hydrogen) atoms. The Bertz CT molecular complexity index is 345. The standard InChI is InChI=1S/C12H27N3O3Si/c1-5-10(3)17-19(4,9-7-8-16)18-12(14,15)11(13)6-2/h5-6,16H,7-9,13-15H2,1-4H3. The Hall–Kier alpha value is -0.863. The highest BCUT2D eigenvalue weighted by Crippen LogP contribution is 2.23. The van der Waals surface area contributed by atoms with Gasteiger partial charge in [0.1, 0.15) is 0 Å². The van der Waals surface area contributed by atoms with E-state index in [1.165, 1.54) is 0 Å². The summed E-state index contributed by atoms with van der Waals surface area (Å²) in [6, 6.07) is 0.571. The van der Waals surface area contributed by atoms with Crippen LogP contribution in [0.4, 0.5) is 0 Å². The lowest BCUT2D eigenvalue weighted by molar-refractivity contribution is 0.0696. The van der Waals surface area contributed by atoms with Crippen LogP contribution >= 0.6 is 0 Å². The van der Waals surface area contributed by atoms with Crippen molar-refractivity contribution in [1.29, 1.82) is 0 Å². The van der Waals surface area contributed by atoms with Crippen molar-refractivity contribution >= 4 is 8.56 Å². The number of allylic oxidation sites excluding steroid dienone is 3. The van der Waals surface area contributed by atoms with E-state index in [-0.39, 0.29) is 12.3 Å². The molecule has 1 unspecified atom stereocenters. The fraction of sp³-hybridized carbons (Fsp3) is 0.667. The third-order valence-electron chi connectivity index (χ3n) is 2.72. The Morgan fingerprint density at radius 1 is 1.32 bits per heavy atom. The highest BCUT2D eigenvalue weighted by molar-refractivity contribution is 6.66. The van der Waals surface area contributed by atoms with Crippen molar-refractivity contribution in [3.8, 4) is 0 Å². The Morgan fingerprint density at radius 3 is 2.32 bits per heavy atom. The molecular formula is C12H27N3O3Si. The number of aliphatic hydroxyl groups is 1. The maximum absolute atomic E-state index is 8.97. The van der Waals surface area contributed by atoms with Gasteiger partial charge in [-0.3, -0.25) is 11.5 Å². The largest absolute Gasteiger partial charge is 0.524 e. The van der Waals surface area contributed by atoms with Crippen molar-refractivity contribution in [3.63, 3.8) is 0 Å². The molecule has 1 atom stereocenters. The summed E-state index contributed by atoms with van der Waals surface area (Å²) in [7, 11) is -2.67. The van der Waals surface area contributed by atoms with Crippen LogP contribution in [0.2, 0.25) is 12.6 Å². The molecule has 7 N–H and O–H groups in total. The van der Waals surface area contributed by atoms with E-state index >= 15 is 0 Å². The van der Waals surface area contributed by atoms with Crippen molar-refractivity contribution < 1.29 is 14.0 Å². The van der Waals surface area contributed by atoms with E-state index in [2.05, 4.69) is 0 Å². The highest BCUT2D eigenvalue weighted by atomic mass is 28.4. The Kier molecular flexibility index (Phi) is 7.31. The van der Waals surface area contributed by atoms with E-state index in [9.17, 15) is 0 Å². The fourth-order valence-electron chi connectivity index (χ4n) is 1.56. The van der Waals surface area contributed by atoms with Gasteiger partial charge in [0.25, 0.3) is 0 Å². The van der Waals surface area contributed by atoms with Crippen molar-refractivity contribution in [1.82, 2.24) is 0 Å². The minimum Gasteiger partial charge on any atom is -0.524 e. The summed E-state index contributed by atoms with van der Waals surface area (Å²) in [4.78, 5) is 0. The van der Waals surface area contributed by atoms with Crippen LogP contribution in [-0.2, 0) is 8.85 Å². The molecule has 0 saturated heterocycles. The molecule has 0 bridgehead atoms. The first-order valence-corrected chi connectivity index (χ1v) is 8.86. The van der Waals surface area contributed by atoms with Crippen LogP contribution in [0.3, 0.4) is 0 Å². The molecule has 0 aromatic rings. The van der Waals surface area contributed by atoms with Gasteiger partial charge in [0.2, 0.25) is 5.85 Å². The maximum atomic E-state index is 8.97. The van der Waals surface area contributed by atoms with Crippen LogP contribution in [0, 0.1) is 0 Å². The molecule has 0 saturated carbocycles. The van der Waals surface area contributed by atoms with Gasteiger partial charge < -0.3 is 19.7 Å². The Labute approximate surface area is 116 Å². The monoisotopic (exact) mass is 289 g/mol. The number of rotatable bonds is 8.